The van der Waals surface area contributed by atoms with Gasteiger partial charge in [0.05, 0.1) is 0 Å². The van der Waals surface area contributed by atoms with Crippen LogP contribution in [0.4, 0.5) is 10.5 Å². The molecule has 108 valence electrons. The molecule has 0 aromatic heterocycles. The highest BCUT2D eigenvalue weighted by Gasteiger charge is 2.17. The van der Waals surface area contributed by atoms with Crippen LogP contribution in [0.1, 0.15) is 36.8 Å². The third-order valence-corrected chi connectivity index (χ3v) is 4.32. The molecule has 20 heavy (non-hydrogen) atoms. The first-order valence-corrected chi connectivity index (χ1v) is 7.72. The van der Waals surface area contributed by atoms with Crippen molar-refractivity contribution in [2.45, 2.75) is 44.6 Å². The molecule has 0 atom stereocenters. The number of hydrogen-bond acceptors (Lipinski definition) is 2. The largest absolute Gasteiger partial charge is 0.335 e. The third-order valence-electron chi connectivity index (χ3n) is 4.32. The zero-order chi connectivity index (χ0) is 13.8. The van der Waals surface area contributed by atoms with Gasteiger partial charge in [-0.25, -0.2) is 4.79 Å². The topological polar surface area (TPSA) is 53.2 Å². The number of urea groups is 1. The van der Waals surface area contributed by atoms with E-state index in [1.807, 2.05) is 12.1 Å². The van der Waals surface area contributed by atoms with E-state index in [9.17, 15) is 4.79 Å². The average molecular weight is 273 g/mol. The van der Waals surface area contributed by atoms with Crippen molar-refractivity contribution >= 4 is 11.7 Å². The summed E-state index contributed by atoms with van der Waals surface area (Å²) < 4.78 is 0. The van der Waals surface area contributed by atoms with Crippen molar-refractivity contribution in [3.05, 3.63) is 29.3 Å². The number of hydrogen-bond donors (Lipinski definition) is 3. The van der Waals surface area contributed by atoms with E-state index in [1.165, 1.54) is 24.0 Å². The minimum atomic E-state index is -0.0594. The van der Waals surface area contributed by atoms with Crippen LogP contribution >= 0.6 is 0 Å². The molecule has 1 aromatic carbocycles. The van der Waals surface area contributed by atoms with Crippen LogP contribution in [-0.2, 0) is 12.8 Å². The number of fused-ring (bicyclic) bond motifs is 1. The normalized spacial score (nSPS) is 19.2. The minimum absolute atomic E-state index is 0.0594. The van der Waals surface area contributed by atoms with Gasteiger partial charge in [0.1, 0.15) is 0 Å². The van der Waals surface area contributed by atoms with Crippen molar-refractivity contribution in [1.29, 1.82) is 0 Å². The highest BCUT2D eigenvalue weighted by Crippen LogP contribution is 2.27. The number of benzene rings is 1. The van der Waals surface area contributed by atoms with Gasteiger partial charge in [0.25, 0.3) is 0 Å². The van der Waals surface area contributed by atoms with Gasteiger partial charge in [-0.15, -0.1) is 0 Å². The number of amides is 2. The predicted octanol–water partition coefficient (Wildman–Crippen LogP) is 2.44. The summed E-state index contributed by atoms with van der Waals surface area (Å²) in [6, 6.07) is 6.49. The van der Waals surface area contributed by atoms with Crippen molar-refractivity contribution < 1.29 is 4.79 Å². The Morgan fingerprint density at radius 1 is 1.15 bits per heavy atom. The van der Waals surface area contributed by atoms with Gasteiger partial charge in [-0.05, 0) is 68.8 Å². The van der Waals surface area contributed by atoms with E-state index in [0.717, 1.165) is 44.5 Å². The first kappa shape index (κ1) is 13.4. The fourth-order valence-corrected chi connectivity index (χ4v) is 3.21. The van der Waals surface area contributed by atoms with Crippen LogP contribution in [0.5, 0.6) is 0 Å². The predicted molar refractivity (Wildman–Crippen MR) is 81.1 cm³/mol. The lowest BCUT2D eigenvalue weighted by molar-refractivity contribution is 0.245. The number of carbonyl (C=O) groups is 1. The summed E-state index contributed by atoms with van der Waals surface area (Å²) >= 11 is 0. The Morgan fingerprint density at radius 2 is 1.95 bits per heavy atom. The van der Waals surface area contributed by atoms with Gasteiger partial charge in [-0.1, -0.05) is 12.1 Å². The second-order valence-corrected chi connectivity index (χ2v) is 5.77. The van der Waals surface area contributed by atoms with Gasteiger partial charge in [-0.3, -0.25) is 0 Å². The highest BCUT2D eigenvalue weighted by atomic mass is 16.2. The van der Waals surface area contributed by atoms with Gasteiger partial charge in [0.15, 0.2) is 0 Å². The second kappa shape index (κ2) is 6.27. The molecule has 0 unspecified atom stereocenters. The highest BCUT2D eigenvalue weighted by molar-refractivity contribution is 5.90. The number of carbonyl (C=O) groups excluding carboxylic acids is 1. The Kier molecular flexibility index (Phi) is 4.21. The molecular weight excluding hydrogens is 250 g/mol. The Hall–Kier alpha value is -1.55. The molecule has 2 amide bonds. The molecule has 1 saturated heterocycles. The minimum Gasteiger partial charge on any atom is -0.335 e. The van der Waals surface area contributed by atoms with Crippen molar-refractivity contribution in [2.24, 2.45) is 0 Å². The van der Waals surface area contributed by atoms with E-state index >= 15 is 0 Å². The fourth-order valence-electron chi connectivity index (χ4n) is 3.21. The van der Waals surface area contributed by atoms with E-state index in [1.54, 1.807) is 0 Å². The molecule has 1 aromatic rings. The van der Waals surface area contributed by atoms with E-state index < -0.39 is 0 Å². The molecule has 0 bridgehead atoms. The second-order valence-electron chi connectivity index (χ2n) is 5.77. The summed E-state index contributed by atoms with van der Waals surface area (Å²) in [4.78, 5) is 12.1. The monoisotopic (exact) mass is 273 g/mol. The maximum absolute atomic E-state index is 12.1. The molecule has 0 radical (unpaired) electrons. The van der Waals surface area contributed by atoms with Gasteiger partial charge < -0.3 is 16.0 Å². The fraction of sp³-hybridized carbons (Fsp3) is 0.562. The Balaban J connectivity index is 1.63. The summed E-state index contributed by atoms with van der Waals surface area (Å²) in [6.45, 7) is 1.98. The van der Waals surface area contributed by atoms with E-state index in [0.29, 0.717) is 6.04 Å². The summed E-state index contributed by atoms with van der Waals surface area (Å²) in [7, 11) is 0. The molecule has 3 N–H and O–H groups in total. The van der Waals surface area contributed by atoms with Crippen LogP contribution in [0.25, 0.3) is 0 Å². The number of piperidine rings is 1. The Labute approximate surface area is 120 Å². The molecule has 0 spiro atoms. The first-order chi connectivity index (χ1) is 9.83. The number of aryl methyl sites for hydroxylation is 1. The molecular formula is C16H23N3O. The lowest BCUT2D eigenvalue weighted by Crippen LogP contribution is -2.44. The van der Waals surface area contributed by atoms with Gasteiger partial charge in [-0.2, -0.15) is 0 Å². The Bertz CT molecular complexity index is 481. The maximum atomic E-state index is 12.1. The summed E-state index contributed by atoms with van der Waals surface area (Å²) in [5.41, 5.74) is 3.73. The summed E-state index contributed by atoms with van der Waals surface area (Å²) in [5.74, 6) is 0. The van der Waals surface area contributed by atoms with E-state index in [2.05, 4.69) is 22.0 Å². The third kappa shape index (κ3) is 3.12. The zero-order valence-electron chi connectivity index (χ0n) is 11.9. The van der Waals surface area contributed by atoms with Crippen LogP contribution in [-0.4, -0.2) is 25.2 Å². The van der Waals surface area contributed by atoms with Crippen molar-refractivity contribution in [3.8, 4) is 0 Å². The average Bonchev–Trinajstić information content (AvgIpc) is 2.48. The van der Waals surface area contributed by atoms with E-state index in [4.69, 9.17) is 0 Å². The SMILES string of the molecule is O=C(Nc1cccc2c1CCCC2)NC1CCNCC1. The lowest BCUT2D eigenvalue weighted by atomic mass is 9.90. The molecule has 4 heteroatoms. The molecule has 1 fully saturated rings. The quantitative estimate of drug-likeness (QED) is 0.775. The first-order valence-electron chi connectivity index (χ1n) is 7.72. The molecule has 0 saturated carbocycles. The summed E-state index contributed by atoms with van der Waals surface area (Å²) in [6.07, 6.45) is 6.74. The zero-order valence-corrected chi connectivity index (χ0v) is 11.9. The standard InChI is InChI=1S/C16H23N3O/c20-16(18-13-8-10-17-11-9-13)19-15-7-3-5-12-4-1-2-6-14(12)15/h3,5,7,13,17H,1-2,4,6,8-11H2,(H2,18,19,20). The van der Waals surface area contributed by atoms with Crippen LogP contribution in [0.3, 0.4) is 0 Å². The smallest absolute Gasteiger partial charge is 0.319 e. The van der Waals surface area contributed by atoms with Crippen LogP contribution in [0.2, 0.25) is 0 Å². The molecule has 2 aliphatic rings. The van der Waals surface area contributed by atoms with E-state index in [-0.39, 0.29) is 6.03 Å². The molecule has 1 aliphatic carbocycles. The van der Waals surface area contributed by atoms with Crippen molar-refractivity contribution in [1.82, 2.24) is 10.6 Å². The molecule has 1 aliphatic heterocycles. The number of rotatable bonds is 2. The number of anilines is 1. The van der Waals surface area contributed by atoms with Crippen LogP contribution in [0.15, 0.2) is 18.2 Å². The van der Waals surface area contributed by atoms with Gasteiger partial charge in [0.2, 0.25) is 0 Å². The Morgan fingerprint density at radius 3 is 2.80 bits per heavy atom. The number of nitrogens with one attached hydrogen (secondary N) is 3. The molecule has 4 nitrogen and oxygen atoms in total. The maximum Gasteiger partial charge on any atom is 0.319 e. The molecule has 3 rings (SSSR count). The van der Waals surface area contributed by atoms with Crippen molar-refractivity contribution in [3.63, 3.8) is 0 Å². The van der Waals surface area contributed by atoms with Crippen LogP contribution < -0.4 is 16.0 Å². The van der Waals surface area contributed by atoms with Gasteiger partial charge >= 0.3 is 6.03 Å². The van der Waals surface area contributed by atoms with Crippen LogP contribution in [0, 0.1) is 0 Å². The van der Waals surface area contributed by atoms with Crippen molar-refractivity contribution in [2.75, 3.05) is 18.4 Å². The lowest BCUT2D eigenvalue weighted by Gasteiger charge is -2.25. The van der Waals surface area contributed by atoms with Gasteiger partial charge in [0, 0.05) is 11.7 Å². The summed E-state index contributed by atoms with van der Waals surface area (Å²) in [5, 5.41) is 9.44. The molecule has 1 heterocycles.